The van der Waals surface area contributed by atoms with Crippen LogP contribution < -0.4 is 10.2 Å². The number of methoxy groups -OCH3 is 1. The molecular formula is C15H13BrN2O3. The van der Waals surface area contributed by atoms with Crippen molar-refractivity contribution in [3.8, 4) is 11.5 Å². The number of carbonyl (C=O) groups excluding carboxylic acids is 1. The number of rotatable bonds is 4. The van der Waals surface area contributed by atoms with E-state index in [0.29, 0.717) is 16.9 Å². The number of hydrogen-bond donors (Lipinski definition) is 2. The molecule has 108 valence electrons. The first-order valence-corrected chi connectivity index (χ1v) is 6.85. The molecule has 0 heterocycles. The largest absolute Gasteiger partial charge is 0.508 e. The second-order valence-corrected chi connectivity index (χ2v) is 5.05. The number of halogens is 1. The quantitative estimate of drug-likeness (QED) is 0.659. The number of phenolic OH excluding ortho intramolecular Hbond substituents is 1. The first kappa shape index (κ1) is 15.1. The molecule has 0 unspecified atom stereocenters. The number of aromatic hydroxyl groups is 1. The average molecular weight is 349 g/mol. The van der Waals surface area contributed by atoms with Crippen LogP contribution >= 0.6 is 15.9 Å². The maximum absolute atomic E-state index is 12.1. The Bertz CT molecular complexity index is 686. The lowest BCUT2D eigenvalue weighted by Crippen LogP contribution is -2.18. The van der Waals surface area contributed by atoms with Crippen LogP contribution in [0.2, 0.25) is 0 Å². The van der Waals surface area contributed by atoms with Crippen LogP contribution in [0.4, 0.5) is 0 Å². The van der Waals surface area contributed by atoms with Crippen molar-refractivity contribution < 1.29 is 14.6 Å². The Balaban J connectivity index is 2.10. The third-order valence-corrected chi connectivity index (χ3v) is 3.15. The zero-order chi connectivity index (χ0) is 15.2. The minimum atomic E-state index is -0.385. The van der Waals surface area contributed by atoms with E-state index in [2.05, 4.69) is 26.5 Å². The van der Waals surface area contributed by atoms with Crippen LogP contribution in [0.15, 0.2) is 52.0 Å². The fraction of sp³-hybridized carbons (Fsp3) is 0.0667. The summed E-state index contributed by atoms with van der Waals surface area (Å²) < 4.78 is 5.90. The molecule has 0 aliphatic rings. The van der Waals surface area contributed by atoms with Gasteiger partial charge in [0, 0.05) is 4.47 Å². The van der Waals surface area contributed by atoms with E-state index in [1.54, 1.807) is 36.4 Å². The predicted molar refractivity (Wildman–Crippen MR) is 83.9 cm³/mol. The van der Waals surface area contributed by atoms with E-state index in [-0.39, 0.29) is 11.7 Å². The number of hydrazone groups is 1. The number of benzene rings is 2. The van der Waals surface area contributed by atoms with E-state index in [0.717, 1.165) is 4.47 Å². The number of ether oxygens (including phenoxy) is 1. The van der Waals surface area contributed by atoms with Gasteiger partial charge in [-0.05, 0) is 35.9 Å². The van der Waals surface area contributed by atoms with Crippen LogP contribution in [0.5, 0.6) is 11.5 Å². The van der Waals surface area contributed by atoms with Crippen molar-refractivity contribution in [2.75, 3.05) is 7.11 Å². The first-order valence-electron chi connectivity index (χ1n) is 6.06. The Kier molecular flexibility index (Phi) is 4.94. The van der Waals surface area contributed by atoms with Crippen LogP contribution in [0.3, 0.4) is 0 Å². The minimum absolute atomic E-state index is 0.138. The molecule has 1 amide bonds. The summed E-state index contributed by atoms with van der Waals surface area (Å²) in [7, 11) is 1.50. The molecule has 2 aromatic rings. The molecule has 0 atom stereocenters. The molecule has 0 saturated heterocycles. The number of amides is 1. The number of carbonyl (C=O) groups is 1. The highest BCUT2D eigenvalue weighted by Crippen LogP contribution is 2.22. The maximum Gasteiger partial charge on any atom is 0.275 e. The molecule has 0 fully saturated rings. The highest BCUT2D eigenvalue weighted by molar-refractivity contribution is 9.10. The summed E-state index contributed by atoms with van der Waals surface area (Å²) >= 11 is 3.30. The summed E-state index contributed by atoms with van der Waals surface area (Å²) in [6, 6.07) is 11.7. The highest BCUT2D eigenvalue weighted by atomic mass is 79.9. The molecule has 0 aliphatic carbocycles. The molecule has 2 aromatic carbocycles. The van der Waals surface area contributed by atoms with E-state index in [4.69, 9.17) is 4.74 Å². The van der Waals surface area contributed by atoms with Gasteiger partial charge in [-0.15, -0.1) is 0 Å². The standard InChI is InChI=1S/C15H13BrN2O3/c1-21-14-6-5-11(16)8-13(14)15(20)18-17-9-10-3-2-4-12(19)7-10/h2-9,19H,1H3,(H,18,20). The van der Waals surface area contributed by atoms with E-state index in [1.807, 2.05) is 0 Å². The molecule has 0 radical (unpaired) electrons. The van der Waals surface area contributed by atoms with Crippen LogP contribution in [-0.4, -0.2) is 24.3 Å². The smallest absolute Gasteiger partial charge is 0.275 e. The molecule has 0 aliphatic heterocycles. The van der Waals surface area contributed by atoms with Gasteiger partial charge in [0.2, 0.25) is 0 Å². The Morgan fingerprint density at radius 2 is 2.14 bits per heavy atom. The SMILES string of the molecule is COc1ccc(Br)cc1C(=O)NN=Cc1cccc(O)c1. The van der Waals surface area contributed by atoms with Gasteiger partial charge in [-0.3, -0.25) is 4.79 Å². The monoisotopic (exact) mass is 348 g/mol. The fourth-order valence-electron chi connectivity index (χ4n) is 1.69. The molecule has 0 bridgehead atoms. The van der Waals surface area contributed by atoms with Crippen LogP contribution in [-0.2, 0) is 0 Å². The van der Waals surface area contributed by atoms with Crippen molar-refractivity contribution >= 4 is 28.1 Å². The van der Waals surface area contributed by atoms with Gasteiger partial charge >= 0.3 is 0 Å². The lowest BCUT2D eigenvalue weighted by molar-refractivity contribution is 0.0952. The number of nitrogens with one attached hydrogen (secondary N) is 1. The molecule has 21 heavy (non-hydrogen) atoms. The Labute approximate surface area is 130 Å². The molecule has 0 aromatic heterocycles. The van der Waals surface area contributed by atoms with E-state index in [1.165, 1.54) is 19.4 Å². The van der Waals surface area contributed by atoms with Crippen molar-refractivity contribution in [2.24, 2.45) is 5.10 Å². The zero-order valence-electron chi connectivity index (χ0n) is 11.2. The fourth-order valence-corrected chi connectivity index (χ4v) is 2.05. The summed E-state index contributed by atoms with van der Waals surface area (Å²) in [6.45, 7) is 0. The number of nitrogens with zero attached hydrogens (tertiary/aromatic N) is 1. The van der Waals surface area contributed by atoms with Crippen LogP contribution in [0.1, 0.15) is 15.9 Å². The van der Waals surface area contributed by atoms with Gasteiger partial charge in [0.25, 0.3) is 5.91 Å². The van der Waals surface area contributed by atoms with Gasteiger partial charge < -0.3 is 9.84 Å². The van der Waals surface area contributed by atoms with Crippen molar-refractivity contribution in [1.82, 2.24) is 5.43 Å². The molecule has 2 N–H and O–H groups in total. The molecule has 0 saturated carbocycles. The molecular weight excluding hydrogens is 336 g/mol. The molecule has 5 nitrogen and oxygen atoms in total. The third-order valence-electron chi connectivity index (χ3n) is 2.66. The van der Waals surface area contributed by atoms with Crippen molar-refractivity contribution in [1.29, 1.82) is 0 Å². The Morgan fingerprint density at radius 3 is 2.86 bits per heavy atom. The van der Waals surface area contributed by atoms with Gasteiger partial charge in [0.05, 0.1) is 18.9 Å². The van der Waals surface area contributed by atoms with Crippen LogP contribution in [0, 0.1) is 0 Å². The zero-order valence-corrected chi connectivity index (χ0v) is 12.8. The highest BCUT2D eigenvalue weighted by Gasteiger charge is 2.11. The first-order chi connectivity index (χ1) is 10.1. The summed E-state index contributed by atoms with van der Waals surface area (Å²) in [5.41, 5.74) is 3.47. The van der Waals surface area contributed by atoms with Crippen LogP contribution in [0.25, 0.3) is 0 Å². The Hall–Kier alpha value is -2.34. The van der Waals surface area contributed by atoms with Gasteiger partial charge in [-0.25, -0.2) is 5.43 Å². The molecule has 0 spiro atoms. The normalized spacial score (nSPS) is 10.6. The minimum Gasteiger partial charge on any atom is -0.508 e. The van der Waals surface area contributed by atoms with Crippen molar-refractivity contribution in [3.05, 3.63) is 58.1 Å². The topological polar surface area (TPSA) is 70.9 Å². The predicted octanol–water partition coefficient (Wildman–Crippen LogP) is 2.93. The summed E-state index contributed by atoms with van der Waals surface area (Å²) in [4.78, 5) is 12.1. The van der Waals surface area contributed by atoms with E-state index in [9.17, 15) is 9.90 Å². The summed E-state index contributed by atoms with van der Waals surface area (Å²) in [5, 5.41) is 13.2. The van der Waals surface area contributed by atoms with Gasteiger partial charge in [-0.1, -0.05) is 28.1 Å². The lowest BCUT2D eigenvalue weighted by atomic mass is 10.2. The van der Waals surface area contributed by atoms with Gasteiger partial charge in [0.15, 0.2) is 0 Å². The average Bonchev–Trinajstić information content (AvgIpc) is 2.47. The second kappa shape index (κ2) is 6.90. The van der Waals surface area contributed by atoms with Crippen molar-refractivity contribution in [2.45, 2.75) is 0 Å². The van der Waals surface area contributed by atoms with Crippen molar-refractivity contribution in [3.63, 3.8) is 0 Å². The van der Waals surface area contributed by atoms with E-state index >= 15 is 0 Å². The van der Waals surface area contributed by atoms with E-state index < -0.39 is 0 Å². The third kappa shape index (κ3) is 4.06. The van der Waals surface area contributed by atoms with Gasteiger partial charge in [0.1, 0.15) is 11.5 Å². The molecule has 6 heteroatoms. The van der Waals surface area contributed by atoms with Gasteiger partial charge in [-0.2, -0.15) is 5.10 Å². The molecule has 2 rings (SSSR count). The maximum atomic E-state index is 12.1. The summed E-state index contributed by atoms with van der Waals surface area (Å²) in [5.74, 6) is 0.215. The lowest BCUT2D eigenvalue weighted by Gasteiger charge is -2.07. The second-order valence-electron chi connectivity index (χ2n) is 4.14. The summed E-state index contributed by atoms with van der Waals surface area (Å²) in [6.07, 6.45) is 1.45. The number of phenols is 1. The number of hydrogen-bond acceptors (Lipinski definition) is 4. The Morgan fingerprint density at radius 1 is 1.33 bits per heavy atom.